The number of nitrogens with zero attached hydrogens (tertiary/aromatic N) is 4. The van der Waals surface area contributed by atoms with Crippen LogP contribution in [0.1, 0.15) is 26.3 Å². The highest BCUT2D eigenvalue weighted by Crippen LogP contribution is 2.29. The zero-order valence-corrected chi connectivity index (χ0v) is 21.8. The maximum absolute atomic E-state index is 15.0. The van der Waals surface area contributed by atoms with Gasteiger partial charge in [0.25, 0.3) is 5.91 Å². The number of benzene rings is 2. The minimum atomic E-state index is -0.876. The second-order valence-corrected chi connectivity index (χ2v) is 9.24. The summed E-state index contributed by atoms with van der Waals surface area (Å²) in [7, 11) is 1.14. The van der Waals surface area contributed by atoms with Gasteiger partial charge in [0.2, 0.25) is 0 Å². The van der Waals surface area contributed by atoms with E-state index in [0.717, 1.165) is 32.0 Å². The Kier molecular flexibility index (Phi) is 7.95. The molecular weight excluding hydrogens is 516 g/mol. The number of piperazine rings is 1. The van der Waals surface area contributed by atoms with Crippen molar-refractivity contribution in [1.82, 2.24) is 14.9 Å². The quantitative estimate of drug-likeness (QED) is 0.336. The Hall–Kier alpha value is -4.86. The van der Waals surface area contributed by atoms with Crippen LogP contribution < -0.4 is 10.2 Å². The van der Waals surface area contributed by atoms with Crippen LogP contribution in [0.25, 0.3) is 11.1 Å². The normalized spacial score (nSPS) is 13.2. The third-order valence-corrected chi connectivity index (χ3v) is 6.81. The molecule has 2 aromatic carbocycles. The predicted molar refractivity (Wildman–Crippen MR) is 147 cm³/mol. The number of hydrogen-bond donors (Lipinski definition) is 1. The third-order valence-electron chi connectivity index (χ3n) is 6.81. The van der Waals surface area contributed by atoms with Gasteiger partial charge < -0.3 is 19.9 Å². The van der Waals surface area contributed by atoms with Crippen LogP contribution >= 0.6 is 0 Å². The maximum atomic E-state index is 15.0. The number of hydrogen-bond acceptors (Lipinski definition) is 7. The predicted octanol–water partition coefficient (Wildman–Crippen LogP) is 4.78. The molecule has 8 nitrogen and oxygen atoms in total. The van der Waals surface area contributed by atoms with Crippen molar-refractivity contribution >= 4 is 23.4 Å². The van der Waals surface area contributed by atoms with Gasteiger partial charge in [-0.1, -0.05) is 24.3 Å². The lowest BCUT2D eigenvalue weighted by atomic mass is 9.97. The second kappa shape index (κ2) is 11.9. The Morgan fingerprint density at radius 3 is 2.38 bits per heavy atom. The molecule has 0 spiro atoms. The number of aromatic nitrogens is 2. The highest BCUT2D eigenvalue weighted by Gasteiger charge is 2.23. The van der Waals surface area contributed by atoms with Crippen molar-refractivity contribution in [3.05, 3.63) is 108 Å². The zero-order chi connectivity index (χ0) is 28.1. The van der Waals surface area contributed by atoms with Gasteiger partial charge in [-0.3, -0.25) is 9.78 Å². The van der Waals surface area contributed by atoms with Crippen molar-refractivity contribution in [3.63, 3.8) is 0 Å². The van der Waals surface area contributed by atoms with Gasteiger partial charge in [-0.25, -0.2) is 18.6 Å². The average molecular weight is 544 g/mol. The fraction of sp³-hybridized carbons (Fsp3) is 0.200. The molecule has 1 saturated heterocycles. The smallest absolute Gasteiger partial charge is 0.341 e. The van der Waals surface area contributed by atoms with Crippen LogP contribution in [0.4, 0.5) is 20.3 Å². The SMILES string of the molecule is COC(=O)c1c(F)cccc1-c1ccc(CNc2ccc(C(=O)N3CCN(c4ccncc4)CC3)cn2)cc1F. The minimum absolute atomic E-state index is 0.0743. The number of ether oxygens (including phenoxy) is 1. The number of pyridine rings is 2. The number of rotatable bonds is 7. The summed E-state index contributed by atoms with van der Waals surface area (Å²) in [5.41, 5.74) is 2.09. The standard InChI is InChI=1S/C30H27F2N5O3/c1-40-30(39)28-24(3-2-4-25(28)31)23-7-5-20(17-26(23)32)18-34-27-8-6-21(19-35-27)29(38)37-15-13-36(14-16-37)22-9-11-33-12-10-22/h2-12,17,19H,13-16,18H2,1H3,(H,34,35). The van der Waals surface area contributed by atoms with Crippen LogP contribution in [0, 0.1) is 11.6 Å². The molecule has 0 saturated carbocycles. The lowest BCUT2D eigenvalue weighted by molar-refractivity contribution is 0.0596. The van der Waals surface area contributed by atoms with E-state index in [0.29, 0.717) is 30.0 Å². The highest BCUT2D eigenvalue weighted by molar-refractivity contribution is 5.97. The molecule has 1 amide bonds. The van der Waals surface area contributed by atoms with E-state index in [-0.39, 0.29) is 29.1 Å². The first-order valence-electron chi connectivity index (χ1n) is 12.7. The largest absolute Gasteiger partial charge is 0.465 e. The Morgan fingerprint density at radius 2 is 1.70 bits per heavy atom. The van der Waals surface area contributed by atoms with Crippen molar-refractivity contribution in [2.45, 2.75) is 6.54 Å². The van der Waals surface area contributed by atoms with Crippen LogP contribution in [-0.2, 0) is 11.3 Å². The topological polar surface area (TPSA) is 87.7 Å². The van der Waals surface area contributed by atoms with E-state index >= 15 is 4.39 Å². The fourth-order valence-electron chi connectivity index (χ4n) is 4.67. The molecule has 5 rings (SSSR count). The van der Waals surface area contributed by atoms with Crippen LogP contribution in [0.2, 0.25) is 0 Å². The van der Waals surface area contributed by atoms with Crippen molar-refractivity contribution in [2.75, 3.05) is 43.5 Å². The summed E-state index contributed by atoms with van der Waals surface area (Å²) in [5, 5.41) is 3.12. The maximum Gasteiger partial charge on any atom is 0.341 e. The van der Waals surface area contributed by atoms with E-state index < -0.39 is 17.6 Å². The van der Waals surface area contributed by atoms with E-state index in [9.17, 15) is 14.0 Å². The summed E-state index contributed by atoms with van der Waals surface area (Å²) in [4.78, 5) is 37.5. The molecule has 1 aliphatic rings. The lowest BCUT2D eigenvalue weighted by Crippen LogP contribution is -2.48. The monoisotopic (exact) mass is 543 g/mol. The molecule has 0 unspecified atom stereocenters. The third kappa shape index (κ3) is 5.75. The molecule has 2 aromatic heterocycles. The van der Waals surface area contributed by atoms with E-state index in [1.54, 1.807) is 30.6 Å². The molecule has 0 bridgehead atoms. The number of carbonyl (C=O) groups is 2. The molecule has 204 valence electrons. The average Bonchev–Trinajstić information content (AvgIpc) is 3.00. The van der Waals surface area contributed by atoms with E-state index in [1.807, 2.05) is 17.0 Å². The van der Waals surface area contributed by atoms with Crippen molar-refractivity contribution in [2.24, 2.45) is 0 Å². The Balaban J connectivity index is 1.19. The van der Waals surface area contributed by atoms with Gasteiger partial charge in [0.1, 0.15) is 23.0 Å². The summed E-state index contributed by atoms with van der Waals surface area (Å²) in [5.74, 6) is -1.81. The second-order valence-electron chi connectivity index (χ2n) is 9.24. The first-order chi connectivity index (χ1) is 19.4. The number of carbonyl (C=O) groups excluding carboxylic acids is 2. The highest BCUT2D eigenvalue weighted by atomic mass is 19.1. The van der Waals surface area contributed by atoms with Gasteiger partial charge in [-0.2, -0.15) is 0 Å². The molecule has 0 atom stereocenters. The van der Waals surface area contributed by atoms with Gasteiger partial charge in [0.05, 0.1) is 12.7 Å². The number of methoxy groups -OCH3 is 1. The first-order valence-corrected chi connectivity index (χ1v) is 12.7. The molecule has 4 aromatic rings. The molecule has 40 heavy (non-hydrogen) atoms. The van der Waals surface area contributed by atoms with Gasteiger partial charge in [0.15, 0.2) is 0 Å². The molecule has 10 heteroatoms. The van der Waals surface area contributed by atoms with Gasteiger partial charge in [0, 0.05) is 68.1 Å². The molecule has 0 radical (unpaired) electrons. The summed E-state index contributed by atoms with van der Waals surface area (Å²) >= 11 is 0. The van der Waals surface area contributed by atoms with Crippen LogP contribution in [0.15, 0.2) is 79.3 Å². The Morgan fingerprint density at radius 1 is 0.925 bits per heavy atom. The van der Waals surface area contributed by atoms with Gasteiger partial charge >= 0.3 is 5.97 Å². The molecule has 1 N–H and O–H groups in total. The van der Waals surface area contributed by atoms with Gasteiger partial charge in [-0.15, -0.1) is 0 Å². The number of nitrogens with one attached hydrogen (secondary N) is 1. The molecular formula is C30H27F2N5O3. The number of amides is 1. The Labute approximate surface area is 230 Å². The Bertz CT molecular complexity index is 1510. The summed E-state index contributed by atoms with van der Waals surface area (Å²) in [6.07, 6.45) is 5.05. The number of halogens is 2. The molecule has 3 heterocycles. The number of esters is 1. The number of anilines is 2. The minimum Gasteiger partial charge on any atom is -0.465 e. The first kappa shape index (κ1) is 26.7. The summed E-state index contributed by atoms with van der Waals surface area (Å²) in [6, 6.07) is 15.9. The van der Waals surface area contributed by atoms with E-state index in [1.165, 1.54) is 30.5 Å². The zero-order valence-electron chi connectivity index (χ0n) is 21.8. The van der Waals surface area contributed by atoms with E-state index in [2.05, 4.69) is 24.9 Å². The van der Waals surface area contributed by atoms with Gasteiger partial charge in [-0.05, 0) is 42.0 Å². The van der Waals surface area contributed by atoms with Crippen molar-refractivity contribution in [3.8, 4) is 11.1 Å². The van der Waals surface area contributed by atoms with Crippen molar-refractivity contribution < 1.29 is 23.1 Å². The summed E-state index contributed by atoms with van der Waals surface area (Å²) < 4.78 is 34.0. The molecule has 1 aliphatic heterocycles. The lowest BCUT2D eigenvalue weighted by Gasteiger charge is -2.36. The van der Waals surface area contributed by atoms with Crippen LogP contribution in [0.5, 0.6) is 0 Å². The fourth-order valence-corrected chi connectivity index (χ4v) is 4.67. The van der Waals surface area contributed by atoms with Crippen molar-refractivity contribution in [1.29, 1.82) is 0 Å². The van der Waals surface area contributed by atoms with Crippen LogP contribution in [0.3, 0.4) is 0 Å². The molecule has 0 aliphatic carbocycles. The van der Waals surface area contributed by atoms with E-state index in [4.69, 9.17) is 0 Å². The van der Waals surface area contributed by atoms with Crippen LogP contribution in [-0.4, -0.2) is 60.0 Å². The summed E-state index contributed by atoms with van der Waals surface area (Å²) in [6.45, 7) is 2.96. The molecule has 1 fully saturated rings.